The molecule has 124 valence electrons. The molecular weight excluding hydrogens is 308 g/mol. The number of fused-ring (bicyclic) bond motifs is 1. The molecule has 0 unspecified atom stereocenters. The number of ether oxygens (including phenoxy) is 3. The van der Waals surface area contributed by atoms with Gasteiger partial charge in [0.05, 0.1) is 7.11 Å². The Bertz CT molecular complexity index is 848. The largest absolute Gasteiger partial charge is 0.490 e. The van der Waals surface area contributed by atoms with E-state index in [0.717, 1.165) is 5.39 Å². The van der Waals surface area contributed by atoms with Crippen LogP contribution in [0.15, 0.2) is 54.6 Å². The van der Waals surface area contributed by atoms with Gasteiger partial charge in [0.1, 0.15) is 0 Å². The standard InChI is InChI=1S/C19H18O5/c1-11(2)18(20)23-15-10-13-8-6-7-9-14(13)16(17(15)22-5)24-19(21)12(3)4/h6-10H,1,3H2,2,4-5H3. The highest BCUT2D eigenvalue weighted by Crippen LogP contribution is 2.44. The van der Waals surface area contributed by atoms with Crippen LogP contribution in [-0.2, 0) is 9.59 Å². The van der Waals surface area contributed by atoms with E-state index in [1.807, 2.05) is 12.1 Å². The van der Waals surface area contributed by atoms with Gasteiger partial charge >= 0.3 is 11.9 Å². The van der Waals surface area contributed by atoms with Crippen LogP contribution in [0.1, 0.15) is 13.8 Å². The Kier molecular flexibility index (Phi) is 5.04. The van der Waals surface area contributed by atoms with Gasteiger partial charge in [-0.3, -0.25) is 0 Å². The zero-order valence-electron chi connectivity index (χ0n) is 13.8. The monoisotopic (exact) mass is 326 g/mol. The van der Waals surface area contributed by atoms with Gasteiger partial charge in [0, 0.05) is 16.5 Å². The highest BCUT2D eigenvalue weighted by atomic mass is 16.6. The molecule has 2 rings (SSSR count). The first kappa shape index (κ1) is 17.3. The van der Waals surface area contributed by atoms with Crippen LogP contribution in [-0.4, -0.2) is 19.0 Å². The van der Waals surface area contributed by atoms with Crippen molar-refractivity contribution in [1.29, 1.82) is 0 Å². The van der Waals surface area contributed by atoms with E-state index in [-0.39, 0.29) is 28.4 Å². The molecule has 5 heteroatoms. The van der Waals surface area contributed by atoms with Gasteiger partial charge in [0.2, 0.25) is 5.75 Å². The van der Waals surface area contributed by atoms with Gasteiger partial charge in [0.15, 0.2) is 11.5 Å². The minimum absolute atomic E-state index is 0.147. The van der Waals surface area contributed by atoms with Crippen molar-refractivity contribution in [3.8, 4) is 17.2 Å². The summed E-state index contributed by atoms with van der Waals surface area (Å²) in [5.74, 6) is -0.720. The van der Waals surface area contributed by atoms with Crippen LogP contribution in [0.3, 0.4) is 0 Å². The average molecular weight is 326 g/mol. The van der Waals surface area contributed by atoms with Gasteiger partial charge < -0.3 is 14.2 Å². The van der Waals surface area contributed by atoms with E-state index >= 15 is 0 Å². The molecule has 0 aliphatic heterocycles. The van der Waals surface area contributed by atoms with Crippen LogP contribution in [0.2, 0.25) is 0 Å². The summed E-state index contributed by atoms with van der Waals surface area (Å²) in [5, 5.41) is 1.38. The summed E-state index contributed by atoms with van der Waals surface area (Å²) in [5.41, 5.74) is 0.483. The summed E-state index contributed by atoms with van der Waals surface area (Å²) in [6.45, 7) is 10.2. The zero-order valence-corrected chi connectivity index (χ0v) is 13.8. The fourth-order valence-electron chi connectivity index (χ4n) is 2.01. The Hall–Kier alpha value is -3.08. The lowest BCUT2D eigenvalue weighted by Gasteiger charge is -2.16. The van der Waals surface area contributed by atoms with Crippen molar-refractivity contribution >= 4 is 22.7 Å². The third-order valence-electron chi connectivity index (χ3n) is 3.22. The van der Waals surface area contributed by atoms with E-state index < -0.39 is 11.9 Å². The molecule has 0 aliphatic rings. The normalized spacial score (nSPS) is 10.1. The van der Waals surface area contributed by atoms with Crippen LogP contribution >= 0.6 is 0 Å². The fraction of sp³-hybridized carbons (Fsp3) is 0.158. The molecule has 0 radical (unpaired) electrons. The van der Waals surface area contributed by atoms with Crippen molar-refractivity contribution in [1.82, 2.24) is 0 Å². The number of esters is 2. The van der Waals surface area contributed by atoms with Crippen molar-refractivity contribution in [2.24, 2.45) is 0 Å². The van der Waals surface area contributed by atoms with E-state index in [0.29, 0.717) is 5.39 Å². The number of benzene rings is 2. The first-order chi connectivity index (χ1) is 11.3. The van der Waals surface area contributed by atoms with Crippen molar-refractivity contribution in [3.63, 3.8) is 0 Å². The third-order valence-corrected chi connectivity index (χ3v) is 3.22. The molecule has 0 amide bonds. The molecule has 0 saturated carbocycles. The topological polar surface area (TPSA) is 61.8 Å². The summed E-state index contributed by atoms with van der Waals surface area (Å²) in [4.78, 5) is 23.8. The minimum atomic E-state index is -0.597. The molecule has 0 heterocycles. The smallest absolute Gasteiger partial charge is 0.338 e. The molecule has 0 saturated heterocycles. The van der Waals surface area contributed by atoms with Gasteiger partial charge in [-0.15, -0.1) is 0 Å². The maximum absolute atomic E-state index is 12.0. The fourth-order valence-corrected chi connectivity index (χ4v) is 2.01. The Morgan fingerprint density at radius 3 is 2.08 bits per heavy atom. The Balaban J connectivity index is 2.66. The van der Waals surface area contributed by atoms with E-state index in [4.69, 9.17) is 14.2 Å². The maximum Gasteiger partial charge on any atom is 0.338 e. The second-order valence-corrected chi connectivity index (χ2v) is 5.30. The minimum Gasteiger partial charge on any atom is -0.490 e. The first-order valence-electron chi connectivity index (χ1n) is 7.20. The second kappa shape index (κ2) is 7.00. The zero-order chi connectivity index (χ0) is 17.9. The lowest BCUT2D eigenvalue weighted by molar-refractivity contribution is -0.130. The molecule has 0 aromatic heterocycles. The SMILES string of the molecule is C=C(C)C(=O)Oc1cc2ccccc2c(OC(=O)C(=C)C)c1OC. The van der Waals surface area contributed by atoms with Gasteiger partial charge in [-0.25, -0.2) is 9.59 Å². The number of carbonyl (C=O) groups is 2. The molecule has 0 spiro atoms. The summed E-state index contributed by atoms with van der Waals surface area (Å²) in [6, 6.07) is 8.87. The van der Waals surface area contributed by atoms with Gasteiger partial charge in [-0.1, -0.05) is 37.4 Å². The number of methoxy groups -OCH3 is 1. The van der Waals surface area contributed by atoms with E-state index in [1.54, 1.807) is 25.1 Å². The number of hydrogen-bond acceptors (Lipinski definition) is 5. The van der Waals surface area contributed by atoms with Crippen molar-refractivity contribution in [3.05, 3.63) is 54.6 Å². The molecule has 24 heavy (non-hydrogen) atoms. The lowest BCUT2D eigenvalue weighted by atomic mass is 10.1. The van der Waals surface area contributed by atoms with Crippen molar-refractivity contribution < 1.29 is 23.8 Å². The number of rotatable bonds is 5. The molecule has 5 nitrogen and oxygen atoms in total. The Labute approximate surface area is 140 Å². The summed E-state index contributed by atoms with van der Waals surface area (Å²) in [7, 11) is 1.40. The van der Waals surface area contributed by atoms with Crippen molar-refractivity contribution in [2.75, 3.05) is 7.11 Å². The van der Waals surface area contributed by atoms with Crippen molar-refractivity contribution in [2.45, 2.75) is 13.8 Å². The van der Waals surface area contributed by atoms with Crippen LogP contribution in [0, 0.1) is 0 Å². The van der Waals surface area contributed by atoms with E-state index in [2.05, 4.69) is 13.2 Å². The second-order valence-electron chi connectivity index (χ2n) is 5.30. The van der Waals surface area contributed by atoms with Crippen LogP contribution in [0.5, 0.6) is 17.2 Å². The predicted molar refractivity (Wildman–Crippen MR) is 91.4 cm³/mol. The van der Waals surface area contributed by atoms with Crippen LogP contribution in [0.4, 0.5) is 0 Å². The molecule has 0 bridgehead atoms. The summed E-state index contributed by atoms with van der Waals surface area (Å²) in [6.07, 6.45) is 0. The lowest BCUT2D eigenvalue weighted by Crippen LogP contribution is -2.12. The first-order valence-corrected chi connectivity index (χ1v) is 7.20. The Morgan fingerprint density at radius 1 is 0.917 bits per heavy atom. The van der Waals surface area contributed by atoms with Crippen LogP contribution < -0.4 is 14.2 Å². The quantitative estimate of drug-likeness (QED) is 0.475. The molecule has 0 atom stereocenters. The summed E-state index contributed by atoms with van der Waals surface area (Å²) < 4.78 is 16.1. The third kappa shape index (κ3) is 3.46. The molecular formula is C19H18O5. The maximum atomic E-state index is 12.0. The van der Waals surface area contributed by atoms with Gasteiger partial charge in [0.25, 0.3) is 0 Å². The number of carbonyl (C=O) groups excluding carboxylic acids is 2. The predicted octanol–water partition coefficient (Wildman–Crippen LogP) is 3.81. The molecule has 0 aliphatic carbocycles. The number of hydrogen-bond donors (Lipinski definition) is 0. The Morgan fingerprint density at radius 2 is 1.50 bits per heavy atom. The van der Waals surface area contributed by atoms with Crippen LogP contribution in [0.25, 0.3) is 10.8 Å². The molecule has 0 fully saturated rings. The highest BCUT2D eigenvalue weighted by molar-refractivity contribution is 5.98. The molecule has 2 aromatic carbocycles. The highest BCUT2D eigenvalue weighted by Gasteiger charge is 2.21. The average Bonchev–Trinajstić information content (AvgIpc) is 2.54. The molecule has 2 aromatic rings. The molecule has 0 N–H and O–H groups in total. The van der Waals surface area contributed by atoms with Gasteiger partial charge in [-0.2, -0.15) is 0 Å². The summed E-state index contributed by atoms with van der Waals surface area (Å²) >= 11 is 0. The van der Waals surface area contributed by atoms with E-state index in [1.165, 1.54) is 14.0 Å². The van der Waals surface area contributed by atoms with Gasteiger partial charge in [-0.05, 0) is 25.3 Å². The van der Waals surface area contributed by atoms with E-state index in [9.17, 15) is 9.59 Å².